The lowest BCUT2D eigenvalue weighted by Gasteiger charge is -2.02. The summed E-state index contributed by atoms with van der Waals surface area (Å²) in [7, 11) is 1.65. The van der Waals surface area contributed by atoms with E-state index in [0.717, 1.165) is 21.6 Å². The molecule has 0 unspecified atom stereocenters. The van der Waals surface area contributed by atoms with Crippen molar-refractivity contribution in [3.8, 4) is 10.6 Å². The van der Waals surface area contributed by atoms with Crippen molar-refractivity contribution in [3.63, 3.8) is 0 Å². The number of rotatable bonds is 6. The summed E-state index contributed by atoms with van der Waals surface area (Å²) in [5.41, 5.74) is 1.44. The molecule has 0 saturated heterocycles. The number of nitrogens with one attached hydrogen (secondary N) is 1. The normalized spacial score (nSPS) is 14.6. The topological polar surface area (TPSA) is 34.1 Å². The van der Waals surface area contributed by atoms with Gasteiger partial charge in [-0.1, -0.05) is 15.9 Å². The van der Waals surface area contributed by atoms with Crippen LogP contribution in [-0.4, -0.2) is 18.1 Å². The van der Waals surface area contributed by atoms with E-state index in [0.29, 0.717) is 23.2 Å². The molecular formula is C15H16BrFN2OS. The van der Waals surface area contributed by atoms with Crippen LogP contribution in [0.25, 0.3) is 10.6 Å². The van der Waals surface area contributed by atoms with Crippen molar-refractivity contribution < 1.29 is 9.13 Å². The van der Waals surface area contributed by atoms with Crippen molar-refractivity contribution in [1.29, 1.82) is 0 Å². The Morgan fingerprint density at radius 3 is 2.95 bits per heavy atom. The van der Waals surface area contributed by atoms with Crippen LogP contribution in [0.4, 0.5) is 4.39 Å². The van der Waals surface area contributed by atoms with Gasteiger partial charge in [0, 0.05) is 34.6 Å². The quantitative estimate of drug-likeness (QED) is 0.830. The number of halogens is 2. The van der Waals surface area contributed by atoms with Crippen molar-refractivity contribution in [1.82, 2.24) is 10.3 Å². The van der Waals surface area contributed by atoms with Gasteiger partial charge in [0.05, 0.1) is 12.3 Å². The van der Waals surface area contributed by atoms with Crippen LogP contribution >= 0.6 is 27.3 Å². The van der Waals surface area contributed by atoms with Gasteiger partial charge in [-0.3, -0.25) is 0 Å². The first-order chi connectivity index (χ1) is 10.2. The Morgan fingerprint density at radius 2 is 2.29 bits per heavy atom. The van der Waals surface area contributed by atoms with E-state index in [9.17, 15) is 4.39 Å². The molecule has 112 valence electrons. The first-order valence-electron chi connectivity index (χ1n) is 6.83. The maximum absolute atomic E-state index is 14.1. The average Bonchev–Trinajstić information content (AvgIpc) is 3.19. The van der Waals surface area contributed by atoms with Crippen LogP contribution in [0.1, 0.15) is 23.4 Å². The molecule has 1 aliphatic carbocycles. The lowest BCUT2D eigenvalue weighted by atomic mass is 10.2. The Morgan fingerprint density at radius 1 is 1.48 bits per heavy atom. The van der Waals surface area contributed by atoms with E-state index in [-0.39, 0.29) is 5.82 Å². The van der Waals surface area contributed by atoms with E-state index in [2.05, 4.69) is 26.2 Å². The zero-order valence-electron chi connectivity index (χ0n) is 11.7. The van der Waals surface area contributed by atoms with Gasteiger partial charge in [-0.2, -0.15) is 0 Å². The number of hydrogen-bond donors (Lipinski definition) is 1. The summed E-state index contributed by atoms with van der Waals surface area (Å²) in [4.78, 5) is 5.68. The molecule has 1 aromatic heterocycles. The summed E-state index contributed by atoms with van der Waals surface area (Å²) in [6.45, 7) is 1.23. The Hall–Kier alpha value is -0.820. The molecule has 3 nitrogen and oxygen atoms in total. The summed E-state index contributed by atoms with van der Waals surface area (Å²) < 4.78 is 20.0. The lowest BCUT2D eigenvalue weighted by molar-refractivity contribution is 0.181. The summed E-state index contributed by atoms with van der Waals surface area (Å²) in [6, 6.07) is 5.69. The first kappa shape index (κ1) is 15.1. The van der Waals surface area contributed by atoms with E-state index >= 15 is 0 Å². The number of benzene rings is 1. The maximum Gasteiger partial charge on any atom is 0.134 e. The Kier molecular flexibility index (Phi) is 4.69. The molecule has 0 spiro atoms. The van der Waals surface area contributed by atoms with Crippen molar-refractivity contribution in [2.75, 3.05) is 7.11 Å². The minimum absolute atomic E-state index is 0.260. The monoisotopic (exact) mass is 370 g/mol. The summed E-state index contributed by atoms with van der Waals surface area (Å²) in [5, 5.41) is 4.18. The second-order valence-corrected chi connectivity index (χ2v) is 7.10. The molecule has 0 radical (unpaired) electrons. The van der Waals surface area contributed by atoms with Gasteiger partial charge in [-0.05, 0) is 31.0 Å². The number of methoxy groups -OCH3 is 1. The molecule has 0 bridgehead atoms. The smallest absolute Gasteiger partial charge is 0.134 e. The fraction of sp³-hybridized carbons (Fsp3) is 0.400. The maximum atomic E-state index is 14.1. The second kappa shape index (κ2) is 6.52. The van der Waals surface area contributed by atoms with Gasteiger partial charge in [0.1, 0.15) is 10.8 Å². The lowest BCUT2D eigenvalue weighted by Crippen LogP contribution is -2.15. The summed E-state index contributed by atoms with van der Waals surface area (Å²) in [5.74, 6) is -0.260. The summed E-state index contributed by atoms with van der Waals surface area (Å²) >= 11 is 4.81. The zero-order chi connectivity index (χ0) is 14.8. The standard InChI is InChI=1S/C15H16BrFN2OS/c1-20-8-13-14(7-18-10-3-4-10)21-15(19-13)11-5-2-9(16)6-12(11)17/h2,5-6,10,18H,3-4,7-8H2,1H3. The molecule has 3 rings (SSSR count). The number of aromatic nitrogens is 1. The van der Waals surface area contributed by atoms with Gasteiger partial charge in [-0.15, -0.1) is 11.3 Å². The van der Waals surface area contributed by atoms with E-state index in [1.807, 2.05) is 6.07 Å². The minimum Gasteiger partial charge on any atom is -0.378 e. The Bertz CT molecular complexity index is 643. The second-order valence-electron chi connectivity index (χ2n) is 5.10. The molecule has 21 heavy (non-hydrogen) atoms. The largest absolute Gasteiger partial charge is 0.378 e. The number of nitrogens with zero attached hydrogens (tertiary/aromatic N) is 1. The fourth-order valence-electron chi connectivity index (χ4n) is 2.07. The van der Waals surface area contributed by atoms with Gasteiger partial charge in [-0.25, -0.2) is 9.37 Å². The molecule has 1 heterocycles. The van der Waals surface area contributed by atoms with Crippen molar-refractivity contribution >= 4 is 27.3 Å². The molecule has 0 atom stereocenters. The van der Waals surface area contributed by atoms with Gasteiger partial charge in [0.2, 0.25) is 0 Å². The molecule has 1 aliphatic rings. The number of ether oxygens (including phenoxy) is 1. The van der Waals surface area contributed by atoms with E-state index < -0.39 is 0 Å². The van der Waals surface area contributed by atoms with Crippen LogP contribution in [0.3, 0.4) is 0 Å². The van der Waals surface area contributed by atoms with Crippen LogP contribution in [-0.2, 0) is 17.9 Å². The Balaban J connectivity index is 1.88. The Labute approximate surface area is 135 Å². The van der Waals surface area contributed by atoms with Crippen LogP contribution < -0.4 is 5.32 Å². The van der Waals surface area contributed by atoms with E-state index in [1.54, 1.807) is 13.2 Å². The van der Waals surface area contributed by atoms with Crippen LogP contribution in [0.2, 0.25) is 0 Å². The van der Waals surface area contributed by atoms with Crippen LogP contribution in [0.5, 0.6) is 0 Å². The third-order valence-electron chi connectivity index (χ3n) is 3.35. The third kappa shape index (κ3) is 3.69. The van der Waals surface area contributed by atoms with Crippen molar-refractivity contribution in [2.45, 2.75) is 32.0 Å². The molecular weight excluding hydrogens is 355 g/mol. The van der Waals surface area contributed by atoms with E-state index in [4.69, 9.17) is 4.74 Å². The van der Waals surface area contributed by atoms with Gasteiger partial charge < -0.3 is 10.1 Å². The average molecular weight is 371 g/mol. The van der Waals surface area contributed by atoms with Crippen LogP contribution in [0.15, 0.2) is 22.7 Å². The summed E-state index contributed by atoms with van der Waals surface area (Å²) in [6.07, 6.45) is 2.49. The van der Waals surface area contributed by atoms with Crippen molar-refractivity contribution in [3.05, 3.63) is 39.1 Å². The molecule has 1 N–H and O–H groups in total. The minimum atomic E-state index is -0.260. The van der Waals surface area contributed by atoms with Gasteiger partial charge in [0.15, 0.2) is 0 Å². The molecule has 1 aromatic carbocycles. The van der Waals surface area contributed by atoms with Gasteiger partial charge in [0.25, 0.3) is 0 Å². The van der Waals surface area contributed by atoms with Crippen molar-refractivity contribution in [2.24, 2.45) is 0 Å². The highest BCUT2D eigenvalue weighted by Gasteiger charge is 2.22. The molecule has 2 aromatic rings. The van der Waals surface area contributed by atoms with E-state index in [1.165, 1.54) is 30.2 Å². The van der Waals surface area contributed by atoms with Crippen LogP contribution in [0, 0.1) is 5.82 Å². The number of thiazole rings is 1. The predicted octanol–water partition coefficient (Wildman–Crippen LogP) is 4.11. The molecule has 1 fully saturated rings. The fourth-order valence-corrected chi connectivity index (χ4v) is 3.45. The zero-order valence-corrected chi connectivity index (χ0v) is 14.1. The molecule has 0 amide bonds. The highest BCUT2D eigenvalue weighted by Crippen LogP contribution is 2.32. The molecule has 1 saturated carbocycles. The SMILES string of the molecule is COCc1nc(-c2ccc(Br)cc2F)sc1CNC1CC1. The highest BCUT2D eigenvalue weighted by molar-refractivity contribution is 9.10. The highest BCUT2D eigenvalue weighted by atomic mass is 79.9. The molecule has 6 heteroatoms. The predicted molar refractivity (Wildman–Crippen MR) is 85.8 cm³/mol. The van der Waals surface area contributed by atoms with Gasteiger partial charge >= 0.3 is 0 Å². The number of hydrogen-bond acceptors (Lipinski definition) is 4. The third-order valence-corrected chi connectivity index (χ3v) is 4.97. The molecule has 0 aliphatic heterocycles. The first-order valence-corrected chi connectivity index (χ1v) is 8.44.